The van der Waals surface area contributed by atoms with Gasteiger partial charge in [0, 0.05) is 17.3 Å². The van der Waals surface area contributed by atoms with E-state index in [9.17, 15) is 15.2 Å². The number of carboxylic acids is 1. The van der Waals surface area contributed by atoms with Crippen LogP contribution in [0.25, 0.3) is 23.0 Å². The van der Waals surface area contributed by atoms with E-state index in [1.165, 1.54) is 38.2 Å². The second kappa shape index (κ2) is 12.3. The maximum absolute atomic E-state index is 11.4. The van der Waals surface area contributed by atoms with Crippen LogP contribution < -0.4 is 4.74 Å². The molecule has 0 fully saturated rings. The third-order valence-electron chi connectivity index (χ3n) is 5.31. The lowest BCUT2D eigenvalue weighted by Gasteiger charge is -2.07. The number of rotatable bonds is 12. The van der Waals surface area contributed by atoms with Crippen LogP contribution in [0.2, 0.25) is 0 Å². The Bertz CT molecular complexity index is 1110. The number of aromatic nitrogens is 2. The molecule has 0 saturated carbocycles. The van der Waals surface area contributed by atoms with E-state index >= 15 is 0 Å². The van der Waals surface area contributed by atoms with Crippen LogP contribution in [0.5, 0.6) is 5.75 Å². The molecule has 2 aromatic carbocycles. The Kier molecular flexibility index (Phi) is 8.84. The van der Waals surface area contributed by atoms with E-state index in [1.807, 2.05) is 54.6 Å². The predicted octanol–water partition coefficient (Wildman–Crippen LogP) is 6.27. The van der Waals surface area contributed by atoms with Crippen molar-refractivity contribution < 1.29 is 14.6 Å². The molecule has 0 unspecified atom stereocenters. The maximum atomic E-state index is 11.4. The Labute approximate surface area is 194 Å². The van der Waals surface area contributed by atoms with Crippen molar-refractivity contribution in [2.75, 3.05) is 6.61 Å². The summed E-state index contributed by atoms with van der Waals surface area (Å²) in [5.41, 5.74) is 2.45. The zero-order valence-corrected chi connectivity index (χ0v) is 18.9. The summed E-state index contributed by atoms with van der Waals surface area (Å²) in [5, 5.41) is 23.2. The average Bonchev–Trinajstić information content (AvgIpc) is 3.26. The van der Waals surface area contributed by atoms with Crippen molar-refractivity contribution in [3.8, 4) is 28.8 Å². The van der Waals surface area contributed by atoms with Crippen molar-refractivity contribution in [2.45, 2.75) is 45.4 Å². The van der Waals surface area contributed by atoms with Gasteiger partial charge in [-0.05, 0) is 48.9 Å². The molecule has 33 heavy (non-hydrogen) atoms. The Morgan fingerprint density at radius 2 is 1.76 bits per heavy atom. The molecule has 0 atom stereocenters. The number of nitriles is 1. The fourth-order valence-corrected chi connectivity index (χ4v) is 3.51. The summed E-state index contributed by atoms with van der Waals surface area (Å²) in [5.74, 6) is -0.482. The summed E-state index contributed by atoms with van der Waals surface area (Å²) in [6.45, 7) is 2.90. The highest BCUT2D eigenvalue weighted by Crippen LogP contribution is 2.27. The number of benzene rings is 2. The fourth-order valence-electron chi connectivity index (χ4n) is 3.51. The van der Waals surface area contributed by atoms with Gasteiger partial charge in [0.2, 0.25) is 0 Å². The van der Waals surface area contributed by atoms with Crippen LogP contribution in [0.3, 0.4) is 0 Å². The molecule has 0 spiro atoms. The summed E-state index contributed by atoms with van der Waals surface area (Å²) < 4.78 is 7.54. The summed E-state index contributed by atoms with van der Waals surface area (Å²) in [6.07, 6.45) is 10.4. The molecule has 0 aliphatic heterocycles. The second-order valence-electron chi connectivity index (χ2n) is 7.83. The van der Waals surface area contributed by atoms with Crippen LogP contribution in [0.4, 0.5) is 0 Å². The summed E-state index contributed by atoms with van der Waals surface area (Å²) >= 11 is 0. The molecule has 170 valence electrons. The van der Waals surface area contributed by atoms with Gasteiger partial charge in [-0.3, -0.25) is 0 Å². The zero-order chi connectivity index (χ0) is 23.5. The lowest BCUT2D eigenvalue weighted by Crippen LogP contribution is -1.98. The molecule has 0 aliphatic carbocycles. The van der Waals surface area contributed by atoms with Crippen LogP contribution >= 0.6 is 0 Å². The van der Waals surface area contributed by atoms with Gasteiger partial charge in [-0.25, -0.2) is 9.48 Å². The first-order valence-corrected chi connectivity index (χ1v) is 11.4. The van der Waals surface area contributed by atoms with E-state index in [1.54, 1.807) is 16.9 Å². The molecule has 0 saturated heterocycles. The second-order valence-corrected chi connectivity index (χ2v) is 7.83. The van der Waals surface area contributed by atoms with Crippen molar-refractivity contribution in [3.05, 3.63) is 71.9 Å². The van der Waals surface area contributed by atoms with Gasteiger partial charge in [-0.15, -0.1) is 0 Å². The van der Waals surface area contributed by atoms with Gasteiger partial charge in [-0.2, -0.15) is 10.4 Å². The highest BCUT2D eigenvalue weighted by atomic mass is 16.5. The molecule has 6 heteroatoms. The van der Waals surface area contributed by atoms with E-state index in [0.717, 1.165) is 23.4 Å². The van der Waals surface area contributed by atoms with Crippen LogP contribution in [-0.2, 0) is 4.79 Å². The van der Waals surface area contributed by atoms with E-state index in [-0.39, 0.29) is 5.57 Å². The molecule has 3 rings (SSSR count). The molecule has 6 nitrogen and oxygen atoms in total. The molecule has 3 aromatic rings. The van der Waals surface area contributed by atoms with Crippen LogP contribution in [0, 0.1) is 11.3 Å². The number of hydrogen-bond acceptors (Lipinski definition) is 4. The Morgan fingerprint density at radius 1 is 1.06 bits per heavy atom. The Hall–Kier alpha value is -3.85. The number of aliphatic carboxylic acids is 1. The largest absolute Gasteiger partial charge is 0.494 e. The summed E-state index contributed by atoms with van der Waals surface area (Å²) in [4.78, 5) is 11.4. The number of carboxylic acid groups (broad SMARTS) is 1. The summed E-state index contributed by atoms with van der Waals surface area (Å²) in [6, 6.07) is 18.9. The number of para-hydroxylation sites is 1. The monoisotopic (exact) mass is 443 g/mol. The topological polar surface area (TPSA) is 88.1 Å². The smallest absolute Gasteiger partial charge is 0.346 e. The van der Waals surface area contributed by atoms with E-state index in [2.05, 4.69) is 12.0 Å². The predicted molar refractivity (Wildman–Crippen MR) is 129 cm³/mol. The van der Waals surface area contributed by atoms with Crippen molar-refractivity contribution in [1.82, 2.24) is 9.78 Å². The SMILES string of the molecule is CCCCCCCCOc1ccc(-c2nn(-c3ccccc3)cc2/C=C(/C#N)C(=O)O)cc1. The number of unbranched alkanes of at least 4 members (excludes halogenated alkanes) is 5. The minimum Gasteiger partial charge on any atom is -0.494 e. The standard InChI is InChI=1S/C27H29N3O3/c1-2-3-4-5-6-10-17-33-25-15-13-21(14-16-25)26-23(18-22(19-28)27(31)32)20-30(29-26)24-11-8-7-9-12-24/h7-9,11-16,18,20H,2-6,10,17H2,1H3,(H,31,32)/b22-18-. The third kappa shape index (κ3) is 6.81. The van der Waals surface area contributed by atoms with Crippen molar-refractivity contribution in [3.63, 3.8) is 0 Å². The van der Waals surface area contributed by atoms with Crippen LogP contribution in [0.15, 0.2) is 66.4 Å². The van der Waals surface area contributed by atoms with Crippen molar-refractivity contribution >= 4 is 12.0 Å². The van der Waals surface area contributed by atoms with Gasteiger partial charge in [0.1, 0.15) is 17.4 Å². The third-order valence-corrected chi connectivity index (χ3v) is 5.31. The average molecular weight is 444 g/mol. The van der Waals surface area contributed by atoms with Crippen molar-refractivity contribution in [1.29, 1.82) is 5.26 Å². The zero-order valence-electron chi connectivity index (χ0n) is 18.9. The maximum Gasteiger partial charge on any atom is 0.346 e. The fraction of sp³-hybridized carbons (Fsp3) is 0.296. The first-order chi connectivity index (χ1) is 16.1. The molecule has 0 bridgehead atoms. The van der Waals surface area contributed by atoms with Gasteiger partial charge in [0.05, 0.1) is 18.0 Å². The number of ether oxygens (including phenoxy) is 1. The van der Waals surface area contributed by atoms with Gasteiger partial charge in [-0.1, -0.05) is 57.2 Å². The Balaban J connectivity index is 1.77. The molecular formula is C27H29N3O3. The van der Waals surface area contributed by atoms with Gasteiger partial charge in [0.25, 0.3) is 0 Å². The first-order valence-electron chi connectivity index (χ1n) is 11.4. The quantitative estimate of drug-likeness (QED) is 0.202. The molecule has 0 radical (unpaired) electrons. The highest BCUT2D eigenvalue weighted by Gasteiger charge is 2.14. The normalized spacial score (nSPS) is 11.2. The molecule has 1 aromatic heterocycles. The highest BCUT2D eigenvalue weighted by molar-refractivity contribution is 5.97. The van der Waals surface area contributed by atoms with Gasteiger partial charge < -0.3 is 9.84 Å². The van der Waals surface area contributed by atoms with Crippen LogP contribution in [-0.4, -0.2) is 27.5 Å². The van der Waals surface area contributed by atoms with Gasteiger partial charge >= 0.3 is 5.97 Å². The Morgan fingerprint density at radius 3 is 2.42 bits per heavy atom. The molecule has 0 aliphatic rings. The number of hydrogen-bond donors (Lipinski definition) is 1. The molecule has 1 N–H and O–H groups in total. The minimum absolute atomic E-state index is 0.345. The lowest BCUT2D eigenvalue weighted by atomic mass is 10.1. The van der Waals surface area contributed by atoms with E-state index in [4.69, 9.17) is 4.74 Å². The lowest BCUT2D eigenvalue weighted by molar-refractivity contribution is -0.132. The van der Waals surface area contributed by atoms with E-state index in [0.29, 0.717) is 17.9 Å². The molecular weight excluding hydrogens is 414 g/mol. The van der Waals surface area contributed by atoms with Crippen molar-refractivity contribution in [2.24, 2.45) is 0 Å². The molecule has 1 heterocycles. The molecule has 0 amide bonds. The summed E-state index contributed by atoms with van der Waals surface area (Å²) in [7, 11) is 0. The minimum atomic E-state index is -1.27. The first kappa shape index (κ1) is 23.8. The van der Waals surface area contributed by atoms with Crippen LogP contribution in [0.1, 0.15) is 51.0 Å². The number of carbonyl (C=O) groups is 1. The van der Waals surface area contributed by atoms with E-state index < -0.39 is 5.97 Å². The number of nitrogens with zero attached hydrogens (tertiary/aromatic N) is 3. The van der Waals surface area contributed by atoms with Gasteiger partial charge in [0.15, 0.2) is 0 Å².